The molecular weight excluding hydrogens is 335 g/mol. The van der Waals surface area contributed by atoms with Gasteiger partial charge in [-0.1, -0.05) is 35.2 Å². The van der Waals surface area contributed by atoms with E-state index in [2.05, 4.69) is 10.9 Å². The van der Waals surface area contributed by atoms with Crippen molar-refractivity contribution in [2.24, 2.45) is 0 Å². The first-order valence-electron chi connectivity index (χ1n) is 7.95. The molecule has 1 amide bonds. The molecule has 0 atom stereocenters. The standard InChI is InChI=1S/C17H22Cl2N2O2/c18-14-8-9-16(15(19)11-14)23-10-4-7-17(22)21-20-12-13-5-2-1-3-6-13/h8-9,11-12,20H,1-7,10H2,(H,21,22). The molecule has 1 aliphatic carbocycles. The van der Waals surface area contributed by atoms with Crippen LogP contribution in [0.3, 0.4) is 0 Å². The molecule has 1 fully saturated rings. The van der Waals surface area contributed by atoms with Crippen molar-refractivity contribution in [1.82, 2.24) is 10.9 Å². The van der Waals surface area contributed by atoms with Crippen LogP contribution in [0.4, 0.5) is 0 Å². The van der Waals surface area contributed by atoms with Gasteiger partial charge in [-0.3, -0.25) is 10.2 Å². The van der Waals surface area contributed by atoms with Crippen LogP contribution >= 0.6 is 23.2 Å². The van der Waals surface area contributed by atoms with Crippen LogP contribution in [0.15, 0.2) is 30.0 Å². The van der Waals surface area contributed by atoms with E-state index in [0.29, 0.717) is 35.2 Å². The monoisotopic (exact) mass is 356 g/mol. The fourth-order valence-corrected chi connectivity index (χ4v) is 2.90. The summed E-state index contributed by atoms with van der Waals surface area (Å²) in [5, 5.41) is 1.04. The summed E-state index contributed by atoms with van der Waals surface area (Å²) in [5.74, 6) is 0.528. The van der Waals surface area contributed by atoms with Crippen molar-refractivity contribution in [2.75, 3.05) is 6.61 Å². The highest BCUT2D eigenvalue weighted by atomic mass is 35.5. The number of benzene rings is 1. The molecule has 0 aromatic heterocycles. The number of amides is 1. The number of carbonyl (C=O) groups is 1. The van der Waals surface area contributed by atoms with E-state index < -0.39 is 0 Å². The van der Waals surface area contributed by atoms with Crippen LogP contribution in [-0.4, -0.2) is 12.5 Å². The minimum Gasteiger partial charge on any atom is -0.492 e. The second-order valence-corrected chi connectivity index (χ2v) is 6.43. The van der Waals surface area contributed by atoms with Crippen LogP contribution in [0.1, 0.15) is 44.9 Å². The minimum absolute atomic E-state index is 0.0523. The topological polar surface area (TPSA) is 50.4 Å². The van der Waals surface area contributed by atoms with Gasteiger partial charge in [0.05, 0.1) is 11.6 Å². The van der Waals surface area contributed by atoms with E-state index in [9.17, 15) is 4.79 Å². The van der Waals surface area contributed by atoms with Crippen LogP contribution in [0.2, 0.25) is 10.0 Å². The van der Waals surface area contributed by atoms with Gasteiger partial charge in [0.15, 0.2) is 0 Å². The molecule has 23 heavy (non-hydrogen) atoms. The molecule has 0 radical (unpaired) electrons. The molecule has 0 heterocycles. The van der Waals surface area contributed by atoms with Gasteiger partial charge < -0.3 is 10.2 Å². The van der Waals surface area contributed by atoms with E-state index in [1.54, 1.807) is 18.2 Å². The lowest BCUT2D eigenvalue weighted by molar-refractivity contribution is -0.122. The third-order valence-electron chi connectivity index (χ3n) is 3.68. The molecule has 1 aliphatic rings. The molecule has 2 rings (SSSR count). The van der Waals surface area contributed by atoms with Gasteiger partial charge >= 0.3 is 0 Å². The van der Waals surface area contributed by atoms with Crippen molar-refractivity contribution >= 4 is 29.1 Å². The van der Waals surface area contributed by atoms with E-state index >= 15 is 0 Å². The Kier molecular flexibility index (Phi) is 7.56. The van der Waals surface area contributed by atoms with Gasteiger partial charge in [-0.25, -0.2) is 0 Å². The average Bonchev–Trinajstić information content (AvgIpc) is 2.54. The van der Waals surface area contributed by atoms with E-state index in [1.165, 1.54) is 24.8 Å². The van der Waals surface area contributed by atoms with Gasteiger partial charge in [0, 0.05) is 17.6 Å². The van der Waals surface area contributed by atoms with Gasteiger partial charge in [0.1, 0.15) is 5.75 Å². The van der Waals surface area contributed by atoms with Crippen LogP contribution < -0.4 is 15.6 Å². The maximum absolute atomic E-state index is 11.7. The lowest BCUT2D eigenvalue weighted by Gasteiger charge is -2.14. The highest BCUT2D eigenvalue weighted by Gasteiger charge is 2.06. The fourth-order valence-electron chi connectivity index (χ4n) is 2.44. The number of halogens is 2. The van der Waals surface area contributed by atoms with Crippen LogP contribution in [-0.2, 0) is 4.79 Å². The molecule has 1 aromatic carbocycles. The molecule has 0 unspecified atom stereocenters. The van der Waals surface area contributed by atoms with Crippen molar-refractivity contribution < 1.29 is 9.53 Å². The summed E-state index contributed by atoms with van der Waals surface area (Å²) in [6, 6.07) is 5.08. The Labute approximate surface area is 147 Å². The van der Waals surface area contributed by atoms with E-state index in [-0.39, 0.29) is 5.91 Å². The third kappa shape index (κ3) is 6.71. The fraction of sp³-hybridized carbons (Fsp3) is 0.471. The Bertz CT molecular complexity index is 554. The molecule has 126 valence electrons. The maximum atomic E-state index is 11.7. The lowest BCUT2D eigenvalue weighted by Crippen LogP contribution is -2.34. The first kappa shape index (κ1) is 18.0. The quantitative estimate of drug-likeness (QED) is 0.553. The average molecular weight is 357 g/mol. The van der Waals surface area contributed by atoms with Gasteiger partial charge in [-0.2, -0.15) is 0 Å². The number of hydrazine groups is 1. The first-order chi connectivity index (χ1) is 11.1. The summed E-state index contributed by atoms with van der Waals surface area (Å²) < 4.78 is 5.54. The zero-order chi connectivity index (χ0) is 16.5. The zero-order valence-corrected chi connectivity index (χ0v) is 14.6. The molecule has 6 heteroatoms. The number of hydrogen-bond donors (Lipinski definition) is 2. The summed E-state index contributed by atoms with van der Waals surface area (Å²) in [6.07, 6.45) is 8.96. The Morgan fingerprint density at radius 2 is 2.00 bits per heavy atom. The minimum atomic E-state index is -0.0523. The number of nitrogens with one attached hydrogen (secondary N) is 2. The molecule has 0 aliphatic heterocycles. The van der Waals surface area contributed by atoms with Gasteiger partial charge in [-0.05, 0) is 50.3 Å². The first-order valence-corrected chi connectivity index (χ1v) is 8.71. The predicted octanol–water partition coefficient (Wildman–Crippen LogP) is 4.62. The highest BCUT2D eigenvalue weighted by Crippen LogP contribution is 2.27. The van der Waals surface area contributed by atoms with Crippen molar-refractivity contribution in [1.29, 1.82) is 0 Å². The lowest BCUT2D eigenvalue weighted by atomic mass is 9.96. The number of carbonyl (C=O) groups excluding carboxylic acids is 1. The Morgan fingerprint density at radius 1 is 1.22 bits per heavy atom. The number of rotatable bonds is 7. The Morgan fingerprint density at radius 3 is 2.74 bits per heavy atom. The summed E-state index contributed by atoms with van der Waals surface area (Å²) in [4.78, 5) is 11.7. The molecule has 1 aromatic rings. The van der Waals surface area contributed by atoms with Crippen molar-refractivity contribution in [2.45, 2.75) is 44.9 Å². The molecule has 0 spiro atoms. The van der Waals surface area contributed by atoms with Crippen molar-refractivity contribution in [3.63, 3.8) is 0 Å². The van der Waals surface area contributed by atoms with Crippen LogP contribution in [0, 0.1) is 0 Å². The zero-order valence-electron chi connectivity index (χ0n) is 13.0. The molecule has 0 bridgehead atoms. The second kappa shape index (κ2) is 9.68. The summed E-state index contributed by atoms with van der Waals surface area (Å²) >= 11 is 11.8. The normalized spacial score (nSPS) is 14.3. The Hall–Kier alpha value is -1.39. The van der Waals surface area contributed by atoms with E-state index in [0.717, 1.165) is 12.8 Å². The SMILES string of the molecule is O=C(CCCOc1ccc(Cl)cc1Cl)NNC=C1CCCCC1. The molecule has 0 saturated heterocycles. The van der Waals surface area contributed by atoms with Crippen molar-refractivity contribution in [3.8, 4) is 5.75 Å². The summed E-state index contributed by atoms with van der Waals surface area (Å²) in [6.45, 7) is 0.426. The second-order valence-electron chi connectivity index (χ2n) is 5.58. The van der Waals surface area contributed by atoms with Crippen LogP contribution in [0.5, 0.6) is 5.75 Å². The highest BCUT2D eigenvalue weighted by molar-refractivity contribution is 6.35. The molecule has 1 saturated carbocycles. The predicted molar refractivity (Wildman–Crippen MR) is 93.6 cm³/mol. The van der Waals surface area contributed by atoms with Crippen molar-refractivity contribution in [3.05, 3.63) is 40.0 Å². The largest absolute Gasteiger partial charge is 0.492 e. The number of hydrogen-bond acceptors (Lipinski definition) is 3. The molecule has 4 nitrogen and oxygen atoms in total. The van der Waals surface area contributed by atoms with Gasteiger partial charge in [-0.15, -0.1) is 0 Å². The van der Waals surface area contributed by atoms with E-state index in [1.807, 2.05) is 6.20 Å². The van der Waals surface area contributed by atoms with E-state index in [4.69, 9.17) is 27.9 Å². The molecule has 2 N–H and O–H groups in total. The molecular formula is C17H22Cl2N2O2. The summed E-state index contributed by atoms with van der Waals surface area (Å²) in [5.41, 5.74) is 6.95. The Balaban J connectivity index is 1.59. The maximum Gasteiger partial charge on any atom is 0.238 e. The smallest absolute Gasteiger partial charge is 0.238 e. The van der Waals surface area contributed by atoms with Crippen LogP contribution in [0.25, 0.3) is 0 Å². The number of allylic oxidation sites excluding steroid dienone is 1. The van der Waals surface area contributed by atoms with Gasteiger partial charge in [0.2, 0.25) is 5.91 Å². The number of ether oxygens (including phenoxy) is 1. The summed E-state index contributed by atoms with van der Waals surface area (Å²) in [7, 11) is 0. The third-order valence-corrected chi connectivity index (χ3v) is 4.21. The van der Waals surface area contributed by atoms with Gasteiger partial charge in [0.25, 0.3) is 0 Å².